The normalized spacial score (nSPS) is 43.3. The molecule has 11 heavy (non-hydrogen) atoms. The highest BCUT2D eigenvalue weighted by molar-refractivity contribution is 5.08. The molecule has 1 rings (SSSR count). The van der Waals surface area contributed by atoms with Crippen LogP contribution in [0.4, 0.5) is 0 Å². The molecule has 4 nitrogen and oxygen atoms in total. The van der Waals surface area contributed by atoms with Crippen molar-refractivity contribution in [1.29, 1.82) is 0 Å². The van der Waals surface area contributed by atoms with E-state index in [1.54, 1.807) is 26.0 Å². The van der Waals surface area contributed by atoms with E-state index in [1.165, 1.54) is 7.11 Å². The summed E-state index contributed by atoms with van der Waals surface area (Å²) in [5.41, 5.74) is 0. The topological polar surface area (TPSA) is 47.9 Å². The minimum atomic E-state index is -1.08. The van der Waals surface area contributed by atoms with Gasteiger partial charge >= 0.3 is 0 Å². The van der Waals surface area contributed by atoms with E-state index in [0.717, 1.165) is 0 Å². The van der Waals surface area contributed by atoms with Crippen molar-refractivity contribution in [1.82, 2.24) is 0 Å². The maximum Gasteiger partial charge on any atom is 0.220 e. The van der Waals surface area contributed by atoms with E-state index in [2.05, 4.69) is 4.89 Å². The van der Waals surface area contributed by atoms with Crippen molar-refractivity contribution in [2.24, 2.45) is 0 Å². The Balaban J connectivity index is 2.68. The van der Waals surface area contributed by atoms with Gasteiger partial charge in [-0.15, -0.1) is 0 Å². The molecule has 0 fully saturated rings. The Labute approximate surface area is 65.3 Å². The van der Waals surface area contributed by atoms with E-state index in [1.807, 2.05) is 0 Å². The smallest absolute Gasteiger partial charge is 0.220 e. The van der Waals surface area contributed by atoms with Crippen LogP contribution in [0, 0.1) is 0 Å². The third-order valence-corrected chi connectivity index (χ3v) is 1.68. The number of methoxy groups -OCH3 is 1. The number of ether oxygens (including phenoxy) is 2. The van der Waals surface area contributed by atoms with Gasteiger partial charge in [-0.2, -0.15) is 4.89 Å². The molecule has 0 saturated heterocycles. The molecule has 1 N–H and O–H groups in total. The molecule has 0 aliphatic carbocycles. The second kappa shape index (κ2) is 2.57. The fourth-order valence-corrected chi connectivity index (χ4v) is 0.932. The van der Waals surface area contributed by atoms with Gasteiger partial charge in [-0.1, -0.05) is 0 Å². The van der Waals surface area contributed by atoms with Crippen LogP contribution in [0.1, 0.15) is 13.8 Å². The first-order valence-electron chi connectivity index (χ1n) is 3.32. The van der Waals surface area contributed by atoms with Crippen molar-refractivity contribution in [3.05, 3.63) is 12.2 Å². The Morgan fingerprint density at radius 1 is 1.27 bits per heavy atom. The van der Waals surface area contributed by atoms with Gasteiger partial charge in [0.15, 0.2) is 5.79 Å². The van der Waals surface area contributed by atoms with E-state index in [0.29, 0.717) is 0 Å². The summed E-state index contributed by atoms with van der Waals surface area (Å²) < 4.78 is 10.2. The Kier molecular flexibility index (Phi) is 2.02. The van der Waals surface area contributed by atoms with E-state index in [4.69, 9.17) is 14.7 Å². The lowest BCUT2D eigenvalue weighted by Crippen LogP contribution is -2.35. The fourth-order valence-electron chi connectivity index (χ4n) is 0.932. The Hall–Kier alpha value is -0.420. The lowest BCUT2D eigenvalue weighted by atomic mass is 10.3. The van der Waals surface area contributed by atoms with Crippen molar-refractivity contribution >= 4 is 0 Å². The summed E-state index contributed by atoms with van der Waals surface area (Å²) in [6, 6.07) is 0. The number of rotatable bonds is 2. The summed E-state index contributed by atoms with van der Waals surface area (Å²) in [6.45, 7) is 3.32. The molecule has 2 atom stereocenters. The molecule has 4 heteroatoms. The van der Waals surface area contributed by atoms with Crippen LogP contribution >= 0.6 is 0 Å². The van der Waals surface area contributed by atoms with E-state index >= 15 is 0 Å². The SMILES string of the molecule is CO[C@]1(C)C=C[C@](C)(OO)O1. The van der Waals surface area contributed by atoms with Crippen molar-refractivity contribution in [3.63, 3.8) is 0 Å². The maximum absolute atomic E-state index is 8.42. The van der Waals surface area contributed by atoms with E-state index < -0.39 is 11.6 Å². The maximum atomic E-state index is 8.42. The molecule has 0 unspecified atom stereocenters. The predicted octanol–water partition coefficient (Wildman–Crippen LogP) is 1.14. The number of hydrogen-bond acceptors (Lipinski definition) is 4. The lowest BCUT2D eigenvalue weighted by molar-refractivity contribution is -0.405. The molecular weight excluding hydrogens is 148 g/mol. The summed E-state index contributed by atoms with van der Waals surface area (Å²) in [7, 11) is 1.52. The summed E-state index contributed by atoms with van der Waals surface area (Å²) in [5, 5.41) is 8.42. The second-order valence-corrected chi connectivity index (χ2v) is 2.76. The molecule has 0 aromatic heterocycles. The van der Waals surface area contributed by atoms with Gasteiger partial charge in [0, 0.05) is 7.11 Å². The van der Waals surface area contributed by atoms with Crippen molar-refractivity contribution in [3.8, 4) is 0 Å². The van der Waals surface area contributed by atoms with Crippen LogP contribution < -0.4 is 0 Å². The average Bonchev–Trinajstić information content (AvgIpc) is 2.30. The van der Waals surface area contributed by atoms with E-state index in [-0.39, 0.29) is 0 Å². The molecule has 0 saturated carbocycles. The fraction of sp³-hybridized carbons (Fsp3) is 0.714. The Morgan fingerprint density at radius 2 is 1.82 bits per heavy atom. The monoisotopic (exact) mass is 160 g/mol. The van der Waals surface area contributed by atoms with Crippen LogP contribution in [0.5, 0.6) is 0 Å². The largest absolute Gasteiger partial charge is 0.350 e. The summed E-state index contributed by atoms with van der Waals surface area (Å²) in [5.74, 6) is -1.87. The van der Waals surface area contributed by atoms with Gasteiger partial charge in [-0.25, -0.2) is 5.26 Å². The molecule has 0 radical (unpaired) electrons. The van der Waals surface area contributed by atoms with E-state index in [9.17, 15) is 0 Å². The standard InChI is InChI=1S/C7H12O4/c1-6(9-3)4-5-7(2,10-6)11-8/h4-5,8H,1-3H3/t6-,7-/m0/s1. The van der Waals surface area contributed by atoms with Crippen molar-refractivity contribution in [2.75, 3.05) is 7.11 Å². The second-order valence-electron chi connectivity index (χ2n) is 2.76. The molecule has 0 aromatic rings. The van der Waals surface area contributed by atoms with Gasteiger partial charge in [0.25, 0.3) is 0 Å². The van der Waals surface area contributed by atoms with Crippen LogP contribution in [0.2, 0.25) is 0 Å². The Morgan fingerprint density at radius 3 is 2.09 bits per heavy atom. The summed E-state index contributed by atoms with van der Waals surface area (Å²) >= 11 is 0. The predicted molar refractivity (Wildman–Crippen MR) is 37.8 cm³/mol. The highest BCUT2D eigenvalue weighted by Crippen LogP contribution is 2.31. The summed E-state index contributed by atoms with van der Waals surface area (Å²) in [4.78, 5) is 4.11. The first-order valence-corrected chi connectivity index (χ1v) is 3.32. The van der Waals surface area contributed by atoms with Crippen LogP contribution in [0.25, 0.3) is 0 Å². The van der Waals surface area contributed by atoms with Gasteiger partial charge in [0.1, 0.15) is 0 Å². The quantitative estimate of drug-likeness (QED) is 0.374. The minimum absolute atomic E-state index is 0.794. The van der Waals surface area contributed by atoms with Crippen LogP contribution in [0.15, 0.2) is 12.2 Å². The molecule has 0 spiro atoms. The third-order valence-electron chi connectivity index (χ3n) is 1.68. The average molecular weight is 160 g/mol. The van der Waals surface area contributed by atoms with Crippen LogP contribution in [-0.4, -0.2) is 23.9 Å². The van der Waals surface area contributed by atoms with Gasteiger partial charge in [-0.05, 0) is 26.0 Å². The van der Waals surface area contributed by atoms with Gasteiger partial charge < -0.3 is 9.47 Å². The zero-order valence-corrected chi connectivity index (χ0v) is 6.83. The molecular formula is C7H12O4. The minimum Gasteiger partial charge on any atom is -0.350 e. The Bertz CT molecular complexity index is 161. The molecule has 0 amide bonds. The zero-order chi connectivity index (χ0) is 8.54. The first-order chi connectivity index (χ1) is 5.04. The first kappa shape index (κ1) is 8.67. The van der Waals surface area contributed by atoms with Gasteiger partial charge in [0.05, 0.1) is 0 Å². The lowest BCUT2D eigenvalue weighted by Gasteiger charge is -2.26. The molecule has 1 aliphatic heterocycles. The molecule has 64 valence electrons. The molecule has 0 bridgehead atoms. The van der Waals surface area contributed by atoms with Crippen molar-refractivity contribution < 1.29 is 19.6 Å². The van der Waals surface area contributed by atoms with Gasteiger partial charge in [-0.3, -0.25) is 0 Å². The third kappa shape index (κ3) is 1.59. The molecule has 1 heterocycles. The van der Waals surface area contributed by atoms with Gasteiger partial charge in [0.2, 0.25) is 5.79 Å². The highest BCUT2D eigenvalue weighted by Gasteiger charge is 2.40. The zero-order valence-electron chi connectivity index (χ0n) is 6.83. The van der Waals surface area contributed by atoms with Crippen LogP contribution in [0.3, 0.4) is 0 Å². The highest BCUT2D eigenvalue weighted by atomic mass is 17.1. The molecule has 0 aromatic carbocycles. The van der Waals surface area contributed by atoms with Crippen LogP contribution in [-0.2, 0) is 14.4 Å². The summed E-state index contributed by atoms with van der Waals surface area (Å²) in [6.07, 6.45) is 3.28. The number of hydrogen-bond donors (Lipinski definition) is 1. The van der Waals surface area contributed by atoms with Crippen molar-refractivity contribution in [2.45, 2.75) is 25.4 Å². The molecule has 1 aliphatic rings.